The van der Waals surface area contributed by atoms with Gasteiger partial charge < -0.3 is 5.32 Å². The van der Waals surface area contributed by atoms with Gasteiger partial charge >= 0.3 is 0 Å². The van der Waals surface area contributed by atoms with Crippen LogP contribution >= 0.6 is 0 Å². The fourth-order valence-electron chi connectivity index (χ4n) is 4.89. The molecule has 3 heteroatoms. The summed E-state index contributed by atoms with van der Waals surface area (Å²) in [5.41, 5.74) is 8.19. The van der Waals surface area contributed by atoms with Crippen LogP contribution in [0.4, 0.5) is 11.4 Å². The van der Waals surface area contributed by atoms with Gasteiger partial charge in [-0.2, -0.15) is 5.10 Å². The predicted octanol–water partition coefficient (Wildman–Crippen LogP) is 7.60. The van der Waals surface area contributed by atoms with Crippen molar-refractivity contribution in [3.63, 3.8) is 0 Å². The van der Waals surface area contributed by atoms with E-state index < -0.39 is 0 Å². The van der Waals surface area contributed by atoms with Gasteiger partial charge in [-0.25, -0.2) is 0 Å². The number of nitrogens with one attached hydrogen (secondary N) is 1. The lowest BCUT2D eigenvalue weighted by molar-refractivity contribution is 0.425. The molecule has 0 saturated heterocycles. The fourth-order valence-corrected chi connectivity index (χ4v) is 4.89. The van der Waals surface area contributed by atoms with E-state index in [1.165, 1.54) is 27.9 Å². The molecule has 1 heterocycles. The Hall–Kier alpha value is -3.85. The molecule has 1 N–H and O–H groups in total. The van der Waals surface area contributed by atoms with Crippen molar-refractivity contribution in [2.75, 3.05) is 10.3 Å². The van der Waals surface area contributed by atoms with E-state index in [2.05, 4.69) is 140 Å². The zero-order valence-corrected chi connectivity index (χ0v) is 20.1. The number of nitrogens with zero attached hydrogens (tertiary/aromatic N) is 2. The maximum Gasteiger partial charge on any atom is 0.0882 e. The maximum atomic E-state index is 5.21. The number of rotatable bonds is 6. The van der Waals surface area contributed by atoms with Crippen molar-refractivity contribution >= 4 is 17.1 Å². The summed E-state index contributed by atoms with van der Waals surface area (Å²) in [7, 11) is 0. The summed E-state index contributed by atoms with van der Waals surface area (Å²) in [5.74, 6) is 0. The first-order valence-electron chi connectivity index (χ1n) is 11.9. The number of hydrogen-bond donors (Lipinski definition) is 1. The highest BCUT2D eigenvalue weighted by Gasteiger charge is 2.45. The Morgan fingerprint density at radius 1 is 0.765 bits per heavy atom. The molecule has 1 aliphatic heterocycles. The van der Waals surface area contributed by atoms with Gasteiger partial charge in [0.05, 0.1) is 17.4 Å². The highest BCUT2D eigenvalue weighted by Crippen LogP contribution is 2.48. The lowest BCUT2D eigenvalue weighted by atomic mass is 9.75. The molecular formula is C31H31N3. The Morgan fingerprint density at radius 2 is 1.38 bits per heavy atom. The van der Waals surface area contributed by atoms with Crippen molar-refractivity contribution in [3.8, 4) is 0 Å². The second-order valence-electron chi connectivity index (χ2n) is 9.53. The third-order valence-corrected chi connectivity index (χ3v) is 6.74. The maximum absolute atomic E-state index is 5.21. The van der Waals surface area contributed by atoms with Crippen molar-refractivity contribution in [2.45, 2.75) is 33.4 Å². The molecule has 4 aromatic carbocycles. The number of anilines is 2. The molecule has 1 atom stereocenters. The van der Waals surface area contributed by atoms with Crippen LogP contribution in [-0.4, -0.2) is 5.71 Å². The molecule has 0 bridgehead atoms. The van der Waals surface area contributed by atoms with Gasteiger partial charge in [0, 0.05) is 17.6 Å². The van der Waals surface area contributed by atoms with Crippen LogP contribution in [0, 0.1) is 12.3 Å². The van der Waals surface area contributed by atoms with Gasteiger partial charge in [-0.15, -0.1) is 0 Å². The highest BCUT2D eigenvalue weighted by molar-refractivity contribution is 6.07. The second kappa shape index (κ2) is 9.18. The molecule has 0 aliphatic carbocycles. The molecule has 0 saturated carbocycles. The second-order valence-corrected chi connectivity index (χ2v) is 9.53. The molecule has 3 nitrogen and oxygen atoms in total. The van der Waals surface area contributed by atoms with E-state index in [9.17, 15) is 0 Å². The Labute approximate surface area is 202 Å². The first kappa shape index (κ1) is 22.0. The van der Waals surface area contributed by atoms with Gasteiger partial charge in [0.2, 0.25) is 0 Å². The van der Waals surface area contributed by atoms with E-state index in [4.69, 9.17) is 5.10 Å². The van der Waals surface area contributed by atoms with Gasteiger partial charge in [-0.05, 0) is 47.4 Å². The van der Waals surface area contributed by atoms with Crippen LogP contribution in [0.25, 0.3) is 0 Å². The molecule has 4 aromatic rings. The summed E-state index contributed by atoms with van der Waals surface area (Å²) in [6, 6.07) is 38.6. The summed E-state index contributed by atoms with van der Waals surface area (Å²) in [4.78, 5) is 0. The molecule has 0 radical (unpaired) electrons. The van der Waals surface area contributed by atoms with Gasteiger partial charge in [-0.1, -0.05) is 105 Å². The standard InChI is InChI=1S/C31H31N3/c1-23-12-10-11-17-28(23)32-22-24-18-20-27(21-19-24)34-30(26-15-8-5-9-16-26)31(2,3)29(33-34)25-13-6-4-7-14-25/h4-21,30,32H,22H2,1-3H3. The number of para-hydroxylation sites is 1. The molecule has 0 amide bonds. The third-order valence-electron chi connectivity index (χ3n) is 6.74. The first-order valence-corrected chi connectivity index (χ1v) is 11.9. The smallest absolute Gasteiger partial charge is 0.0882 e. The lowest BCUT2D eigenvalue weighted by Gasteiger charge is -2.33. The Balaban J connectivity index is 1.46. The summed E-state index contributed by atoms with van der Waals surface area (Å²) >= 11 is 0. The minimum atomic E-state index is -0.159. The van der Waals surface area contributed by atoms with E-state index >= 15 is 0 Å². The largest absolute Gasteiger partial charge is 0.381 e. The number of hydrogen-bond acceptors (Lipinski definition) is 3. The highest BCUT2D eigenvalue weighted by atomic mass is 15.5. The summed E-state index contributed by atoms with van der Waals surface area (Å²) in [6.45, 7) is 7.53. The topological polar surface area (TPSA) is 27.6 Å². The Kier molecular flexibility index (Phi) is 5.93. The first-order chi connectivity index (χ1) is 16.5. The van der Waals surface area contributed by atoms with E-state index in [1.807, 2.05) is 0 Å². The van der Waals surface area contributed by atoms with Crippen LogP contribution in [-0.2, 0) is 6.54 Å². The molecule has 5 rings (SSSR count). The van der Waals surface area contributed by atoms with Gasteiger partial charge in [0.15, 0.2) is 0 Å². The van der Waals surface area contributed by atoms with Crippen molar-refractivity contribution in [2.24, 2.45) is 10.5 Å². The average Bonchev–Trinajstić information content (AvgIpc) is 3.15. The number of aryl methyl sites for hydroxylation is 1. The minimum absolute atomic E-state index is 0.111. The van der Waals surface area contributed by atoms with E-state index in [0.29, 0.717) is 0 Å². The van der Waals surface area contributed by atoms with Crippen LogP contribution in [0.5, 0.6) is 0 Å². The average molecular weight is 446 g/mol. The Bertz CT molecular complexity index is 1280. The quantitative estimate of drug-likeness (QED) is 0.331. The van der Waals surface area contributed by atoms with E-state index in [-0.39, 0.29) is 11.5 Å². The number of hydrazone groups is 1. The molecule has 170 valence electrons. The molecule has 1 unspecified atom stereocenters. The van der Waals surface area contributed by atoms with E-state index in [1.54, 1.807) is 0 Å². The van der Waals surface area contributed by atoms with E-state index in [0.717, 1.165) is 17.9 Å². The summed E-state index contributed by atoms with van der Waals surface area (Å²) in [5, 5.41) is 11.0. The van der Waals surface area contributed by atoms with Crippen LogP contribution in [0.15, 0.2) is 114 Å². The van der Waals surface area contributed by atoms with Crippen LogP contribution in [0.3, 0.4) is 0 Å². The lowest BCUT2D eigenvalue weighted by Crippen LogP contribution is -2.32. The van der Waals surface area contributed by atoms with Crippen molar-refractivity contribution in [1.29, 1.82) is 0 Å². The minimum Gasteiger partial charge on any atom is -0.381 e. The molecule has 0 spiro atoms. The monoisotopic (exact) mass is 445 g/mol. The van der Waals surface area contributed by atoms with Gasteiger partial charge in [0.1, 0.15) is 0 Å². The Morgan fingerprint density at radius 3 is 2.06 bits per heavy atom. The van der Waals surface area contributed by atoms with Crippen LogP contribution in [0.2, 0.25) is 0 Å². The SMILES string of the molecule is Cc1ccccc1NCc1ccc(N2N=C(c3ccccc3)C(C)(C)C2c2ccccc2)cc1. The molecule has 1 aliphatic rings. The van der Waals surface area contributed by atoms with Crippen molar-refractivity contribution in [3.05, 3.63) is 131 Å². The van der Waals surface area contributed by atoms with Crippen molar-refractivity contribution in [1.82, 2.24) is 0 Å². The van der Waals surface area contributed by atoms with Gasteiger partial charge in [0.25, 0.3) is 0 Å². The zero-order chi connectivity index (χ0) is 23.5. The summed E-state index contributed by atoms with van der Waals surface area (Å²) < 4.78 is 0. The normalized spacial score (nSPS) is 16.9. The predicted molar refractivity (Wildman–Crippen MR) is 143 cm³/mol. The van der Waals surface area contributed by atoms with Crippen LogP contribution < -0.4 is 10.3 Å². The third kappa shape index (κ3) is 4.22. The molecular weight excluding hydrogens is 414 g/mol. The number of benzene rings is 4. The zero-order valence-electron chi connectivity index (χ0n) is 20.1. The fraction of sp³-hybridized carbons (Fsp3) is 0.194. The molecule has 0 aromatic heterocycles. The molecule has 0 fully saturated rings. The van der Waals surface area contributed by atoms with Crippen molar-refractivity contribution < 1.29 is 0 Å². The van der Waals surface area contributed by atoms with Crippen LogP contribution in [0.1, 0.15) is 42.1 Å². The molecule has 34 heavy (non-hydrogen) atoms. The van der Waals surface area contributed by atoms with Gasteiger partial charge in [-0.3, -0.25) is 5.01 Å². The summed E-state index contributed by atoms with van der Waals surface area (Å²) in [6.07, 6.45) is 0.